The minimum absolute atomic E-state index is 0.00634. The van der Waals surface area contributed by atoms with Crippen molar-refractivity contribution in [1.82, 2.24) is 4.90 Å². The average molecular weight is 474 g/mol. The molecule has 1 saturated heterocycles. The molecule has 2 aromatic carbocycles. The van der Waals surface area contributed by atoms with Crippen LogP contribution in [0.25, 0.3) is 0 Å². The molecule has 1 amide bonds. The van der Waals surface area contributed by atoms with Gasteiger partial charge in [-0.1, -0.05) is 11.6 Å². The lowest BCUT2D eigenvalue weighted by Crippen LogP contribution is -2.48. The van der Waals surface area contributed by atoms with Crippen LogP contribution < -0.4 is 4.74 Å². The third-order valence-electron chi connectivity index (χ3n) is 4.96. The summed E-state index contributed by atoms with van der Waals surface area (Å²) in [5, 5.41) is 0.108. The molecule has 2 aromatic rings. The molecule has 0 N–H and O–H groups in total. The summed E-state index contributed by atoms with van der Waals surface area (Å²) >= 11 is 5.82. The van der Waals surface area contributed by atoms with Gasteiger partial charge in [-0.25, -0.2) is 4.39 Å². The molecule has 0 aliphatic carbocycles. The van der Waals surface area contributed by atoms with Crippen LogP contribution in [-0.2, 0) is 22.1 Å². The van der Waals surface area contributed by atoms with E-state index in [1.807, 2.05) is 0 Å². The van der Waals surface area contributed by atoms with Crippen LogP contribution in [0.4, 0.5) is 17.6 Å². The van der Waals surface area contributed by atoms with Gasteiger partial charge in [0.15, 0.2) is 5.78 Å². The molecule has 32 heavy (non-hydrogen) atoms. The van der Waals surface area contributed by atoms with Crippen molar-refractivity contribution in [3.8, 4) is 5.75 Å². The highest BCUT2D eigenvalue weighted by Gasteiger charge is 2.34. The molecule has 1 atom stereocenters. The maximum atomic E-state index is 13.9. The average Bonchev–Trinajstić information content (AvgIpc) is 2.71. The quantitative estimate of drug-likeness (QED) is 0.456. The van der Waals surface area contributed by atoms with Crippen molar-refractivity contribution in [2.45, 2.75) is 25.6 Å². The smallest absolute Gasteiger partial charge is 0.416 e. The van der Waals surface area contributed by atoms with Gasteiger partial charge in [-0.2, -0.15) is 13.2 Å². The number of morpholine rings is 1. The first-order valence-corrected chi connectivity index (χ1v) is 10.1. The van der Waals surface area contributed by atoms with Gasteiger partial charge in [0.05, 0.1) is 30.7 Å². The van der Waals surface area contributed by atoms with Crippen LogP contribution >= 0.6 is 11.6 Å². The molecule has 0 aromatic heterocycles. The summed E-state index contributed by atoms with van der Waals surface area (Å²) in [6, 6.07) is 6.98. The van der Waals surface area contributed by atoms with Crippen LogP contribution in [0.1, 0.15) is 28.4 Å². The summed E-state index contributed by atoms with van der Waals surface area (Å²) in [7, 11) is 0. The summed E-state index contributed by atoms with van der Waals surface area (Å²) in [5.41, 5.74) is -1.16. The Bertz CT molecular complexity index is 1010. The standard InChI is InChI=1S/C22H20ClF4NO4/c1-13(29)18-4-3-16(10-20(18)24)32-12-17-11-28(6-7-31-17)21(30)9-14-8-15(23)2-5-19(14)22(25,26)27/h2-5,8,10,17H,6-7,9,11-12H2,1H3. The normalized spacial score (nSPS) is 16.7. The number of hydrogen-bond acceptors (Lipinski definition) is 4. The molecule has 5 nitrogen and oxygen atoms in total. The number of benzene rings is 2. The van der Waals surface area contributed by atoms with Crippen LogP contribution in [0.15, 0.2) is 36.4 Å². The molecule has 0 spiro atoms. The van der Waals surface area contributed by atoms with E-state index in [1.165, 1.54) is 24.0 Å². The number of ketones is 1. The SMILES string of the molecule is CC(=O)c1ccc(OCC2CN(C(=O)Cc3cc(Cl)ccc3C(F)(F)F)CCO2)cc1F. The van der Waals surface area contributed by atoms with Gasteiger partial charge < -0.3 is 14.4 Å². The zero-order valence-corrected chi connectivity index (χ0v) is 17.8. The topological polar surface area (TPSA) is 55.8 Å². The lowest BCUT2D eigenvalue weighted by atomic mass is 10.0. The first kappa shape index (κ1) is 24.0. The highest BCUT2D eigenvalue weighted by atomic mass is 35.5. The summed E-state index contributed by atoms with van der Waals surface area (Å²) in [6.07, 6.45) is -5.61. The molecule has 0 saturated carbocycles. The van der Waals surface area contributed by atoms with Gasteiger partial charge in [-0.3, -0.25) is 9.59 Å². The number of nitrogens with zero attached hydrogens (tertiary/aromatic N) is 1. The second kappa shape index (κ2) is 9.87. The molecular weight excluding hydrogens is 454 g/mol. The maximum Gasteiger partial charge on any atom is 0.416 e. The van der Waals surface area contributed by atoms with Gasteiger partial charge in [-0.05, 0) is 42.8 Å². The number of hydrogen-bond donors (Lipinski definition) is 0. The second-order valence-corrected chi connectivity index (χ2v) is 7.75. The minimum Gasteiger partial charge on any atom is -0.491 e. The Balaban J connectivity index is 1.62. The zero-order valence-electron chi connectivity index (χ0n) is 17.0. The first-order valence-electron chi connectivity index (χ1n) is 9.73. The zero-order chi connectivity index (χ0) is 23.5. The number of carbonyl (C=O) groups is 2. The van der Waals surface area contributed by atoms with Gasteiger partial charge in [0.1, 0.15) is 24.3 Å². The molecule has 1 fully saturated rings. The van der Waals surface area contributed by atoms with Crippen molar-refractivity contribution in [3.63, 3.8) is 0 Å². The van der Waals surface area contributed by atoms with Crippen LogP contribution in [0, 0.1) is 5.82 Å². The summed E-state index contributed by atoms with van der Waals surface area (Å²) in [4.78, 5) is 25.4. The lowest BCUT2D eigenvalue weighted by molar-refractivity contribution is -0.141. The largest absolute Gasteiger partial charge is 0.491 e. The van der Waals surface area contributed by atoms with E-state index in [1.54, 1.807) is 0 Å². The van der Waals surface area contributed by atoms with Crippen molar-refractivity contribution >= 4 is 23.3 Å². The van der Waals surface area contributed by atoms with E-state index in [2.05, 4.69) is 0 Å². The fraction of sp³-hybridized carbons (Fsp3) is 0.364. The van der Waals surface area contributed by atoms with Crippen molar-refractivity contribution in [1.29, 1.82) is 0 Å². The molecule has 1 unspecified atom stereocenters. The fourth-order valence-electron chi connectivity index (χ4n) is 3.37. The van der Waals surface area contributed by atoms with E-state index in [-0.39, 0.29) is 48.2 Å². The number of amides is 1. The molecule has 3 rings (SSSR count). The van der Waals surface area contributed by atoms with Crippen molar-refractivity contribution in [2.75, 3.05) is 26.3 Å². The summed E-state index contributed by atoms with van der Waals surface area (Å²) < 4.78 is 64.7. The van der Waals surface area contributed by atoms with E-state index < -0.39 is 41.8 Å². The third kappa shape index (κ3) is 5.98. The predicted octanol–water partition coefficient (Wildman–Crippen LogP) is 4.55. The molecule has 10 heteroatoms. The molecular formula is C22H20ClF4NO4. The number of halogens is 5. The second-order valence-electron chi connectivity index (χ2n) is 7.32. The molecule has 1 aliphatic heterocycles. The Morgan fingerprint density at radius 3 is 2.62 bits per heavy atom. The third-order valence-corrected chi connectivity index (χ3v) is 5.20. The number of carbonyl (C=O) groups excluding carboxylic acids is 2. The van der Waals surface area contributed by atoms with Gasteiger partial charge >= 0.3 is 6.18 Å². The van der Waals surface area contributed by atoms with Crippen LogP contribution in [0.2, 0.25) is 5.02 Å². The molecule has 0 radical (unpaired) electrons. The van der Waals surface area contributed by atoms with Crippen LogP contribution in [0.5, 0.6) is 5.75 Å². The Morgan fingerprint density at radius 1 is 1.22 bits per heavy atom. The van der Waals surface area contributed by atoms with Crippen LogP contribution in [-0.4, -0.2) is 49.0 Å². The predicted molar refractivity (Wildman–Crippen MR) is 108 cm³/mol. The lowest BCUT2D eigenvalue weighted by Gasteiger charge is -2.33. The molecule has 1 heterocycles. The Morgan fingerprint density at radius 2 is 1.97 bits per heavy atom. The van der Waals surface area contributed by atoms with Gasteiger partial charge in [0, 0.05) is 17.6 Å². The summed E-state index contributed by atoms with van der Waals surface area (Å²) in [6.45, 7) is 1.75. The van der Waals surface area contributed by atoms with E-state index in [9.17, 15) is 27.2 Å². The van der Waals surface area contributed by atoms with Crippen molar-refractivity contribution in [2.24, 2.45) is 0 Å². The maximum absolute atomic E-state index is 13.9. The molecule has 1 aliphatic rings. The first-order chi connectivity index (χ1) is 15.0. The highest BCUT2D eigenvalue weighted by molar-refractivity contribution is 6.30. The number of Topliss-reactive ketones (excluding diaryl/α,β-unsaturated/α-hetero) is 1. The van der Waals surface area contributed by atoms with Crippen molar-refractivity contribution < 1.29 is 36.6 Å². The van der Waals surface area contributed by atoms with E-state index in [0.717, 1.165) is 24.3 Å². The Kier molecular flexibility index (Phi) is 7.40. The fourth-order valence-corrected chi connectivity index (χ4v) is 3.56. The van der Waals surface area contributed by atoms with Crippen LogP contribution in [0.3, 0.4) is 0 Å². The van der Waals surface area contributed by atoms with Crippen molar-refractivity contribution in [3.05, 3.63) is 63.9 Å². The number of ether oxygens (including phenoxy) is 2. The summed E-state index contributed by atoms with van der Waals surface area (Å²) in [5.74, 6) is -1.43. The molecule has 172 valence electrons. The van der Waals surface area contributed by atoms with Gasteiger partial charge in [-0.15, -0.1) is 0 Å². The monoisotopic (exact) mass is 473 g/mol. The highest BCUT2D eigenvalue weighted by Crippen LogP contribution is 2.33. The van der Waals surface area contributed by atoms with Gasteiger partial charge in [0.2, 0.25) is 5.91 Å². The van der Waals surface area contributed by atoms with E-state index >= 15 is 0 Å². The van der Waals surface area contributed by atoms with E-state index in [0.29, 0.717) is 0 Å². The number of rotatable bonds is 6. The Labute approximate surface area is 186 Å². The number of alkyl halides is 3. The minimum atomic E-state index is -4.60. The Hall–Kier alpha value is -2.65. The van der Waals surface area contributed by atoms with Gasteiger partial charge in [0.25, 0.3) is 0 Å². The van der Waals surface area contributed by atoms with E-state index in [4.69, 9.17) is 21.1 Å². The molecule has 0 bridgehead atoms.